The Morgan fingerprint density at radius 2 is 2.00 bits per heavy atom. The van der Waals surface area contributed by atoms with Crippen LogP contribution >= 0.6 is 0 Å². The molecule has 2 unspecified atom stereocenters. The summed E-state index contributed by atoms with van der Waals surface area (Å²) in [5.74, 6) is 1.27. The lowest BCUT2D eigenvalue weighted by molar-refractivity contribution is 0.0593. The SMILES string of the molecule is COC(=O)c1cnc(N2CCCC3CCCCC32)cn1. The molecule has 2 aliphatic rings. The van der Waals surface area contributed by atoms with E-state index >= 15 is 0 Å². The van der Waals surface area contributed by atoms with E-state index in [1.807, 2.05) is 0 Å². The molecule has 5 nitrogen and oxygen atoms in total. The Morgan fingerprint density at radius 3 is 2.75 bits per heavy atom. The minimum atomic E-state index is -0.432. The van der Waals surface area contributed by atoms with Crippen LogP contribution in [0.5, 0.6) is 0 Å². The van der Waals surface area contributed by atoms with Gasteiger partial charge in [0.1, 0.15) is 5.82 Å². The lowest BCUT2D eigenvalue weighted by Gasteiger charge is -2.44. The molecule has 1 saturated carbocycles. The summed E-state index contributed by atoms with van der Waals surface area (Å²) in [7, 11) is 1.36. The Morgan fingerprint density at radius 1 is 1.20 bits per heavy atom. The molecule has 1 aliphatic carbocycles. The summed E-state index contributed by atoms with van der Waals surface area (Å²) < 4.78 is 4.65. The largest absolute Gasteiger partial charge is 0.464 e. The average Bonchev–Trinajstić information content (AvgIpc) is 2.54. The molecule has 3 rings (SSSR count). The van der Waals surface area contributed by atoms with Crippen LogP contribution in [0.15, 0.2) is 12.4 Å². The highest BCUT2D eigenvalue weighted by molar-refractivity contribution is 5.86. The van der Waals surface area contributed by atoms with Crippen LogP contribution < -0.4 is 4.90 Å². The van der Waals surface area contributed by atoms with E-state index in [2.05, 4.69) is 19.6 Å². The summed E-state index contributed by atoms with van der Waals surface area (Å²) in [6.07, 6.45) is 11.1. The summed E-state index contributed by atoms with van der Waals surface area (Å²) in [4.78, 5) is 22.4. The van der Waals surface area contributed by atoms with E-state index in [4.69, 9.17) is 0 Å². The first-order valence-electron chi connectivity index (χ1n) is 7.46. The molecular formula is C15H21N3O2. The van der Waals surface area contributed by atoms with E-state index in [1.165, 1.54) is 51.8 Å². The zero-order valence-corrected chi connectivity index (χ0v) is 11.9. The number of piperidine rings is 1. The number of anilines is 1. The maximum atomic E-state index is 11.4. The van der Waals surface area contributed by atoms with Crippen molar-refractivity contribution in [3.63, 3.8) is 0 Å². The van der Waals surface area contributed by atoms with Crippen molar-refractivity contribution in [3.05, 3.63) is 18.1 Å². The number of carbonyl (C=O) groups is 1. The molecule has 1 aromatic rings. The number of fused-ring (bicyclic) bond motifs is 1. The molecule has 0 spiro atoms. The monoisotopic (exact) mass is 275 g/mol. The maximum absolute atomic E-state index is 11.4. The molecule has 2 heterocycles. The van der Waals surface area contributed by atoms with Crippen LogP contribution in [0.4, 0.5) is 5.82 Å². The van der Waals surface area contributed by atoms with Crippen molar-refractivity contribution >= 4 is 11.8 Å². The number of nitrogens with zero attached hydrogens (tertiary/aromatic N) is 3. The molecule has 0 bridgehead atoms. The summed E-state index contributed by atoms with van der Waals surface area (Å²) in [5, 5.41) is 0. The van der Waals surface area contributed by atoms with Gasteiger partial charge in [0.2, 0.25) is 0 Å². The summed E-state index contributed by atoms with van der Waals surface area (Å²) in [6, 6.07) is 0.607. The molecular weight excluding hydrogens is 254 g/mol. The van der Waals surface area contributed by atoms with Crippen molar-refractivity contribution < 1.29 is 9.53 Å². The van der Waals surface area contributed by atoms with E-state index in [9.17, 15) is 4.79 Å². The number of carbonyl (C=O) groups excluding carboxylic acids is 1. The van der Waals surface area contributed by atoms with E-state index in [1.54, 1.807) is 6.20 Å². The van der Waals surface area contributed by atoms with Gasteiger partial charge in [-0.3, -0.25) is 0 Å². The van der Waals surface area contributed by atoms with Gasteiger partial charge in [-0.25, -0.2) is 14.8 Å². The molecule has 1 saturated heterocycles. The molecule has 20 heavy (non-hydrogen) atoms. The summed E-state index contributed by atoms with van der Waals surface area (Å²) >= 11 is 0. The number of methoxy groups -OCH3 is 1. The number of rotatable bonds is 2. The van der Waals surface area contributed by atoms with Gasteiger partial charge in [0, 0.05) is 12.6 Å². The van der Waals surface area contributed by atoms with Gasteiger partial charge in [-0.15, -0.1) is 0 Å². The van der Waals surface area contributed by atoms with Crippen LogP contribution in [0, 0.1) is 5.92 Å². The van der Waals surface area contributed by atoms with Crippen molar-refractivity contribution in [1.29, 1.82) is 0 Å². The van der Waals surface area contributed by atoms with E-state index in [-0.39, 0.29) is 5.69 Å². The molecule has 2 atom stereocenters. The van der Waals surface area contributed by atoms with Gasteiger partial charge >= 0.3 is 5.97 Å². The van der Waals surface area contributed by atoms with Gasteiger partial charge in [0.25, 0.3) is 0 Å². The van der Waals surface area contributed by atoms with Gasteiger partial charge in [0.15, 0.2) is 5.69 Å². The highest BCUT2D eigenvalue weighted by Crippen LogP contribution is 2.36. The fraction of sp³-hybridized carbons (Fsp3) is 0.667. The molecule has 5 heteroatoms. The second-order valence-electron chi connectivity index (χ2n) is 5.70. The molecule has 108 valence electrons. The minimum Gasteiger partial charge on any atom is -0.464 e. The van der Waals surface area contributed by atoms with Crippen molar-refractivity contribution in [3.8, 4) is 0 Å². The summed E-state index contributed by atoms with van der Waals surface area (Å²) in [6.45, 7) is 1.05. The molecule has 0 amide bonds. The van der Waals surface area contributed by atoms with E-state index in [0.717, 1.165) is 18.3 Å². The first-order chi connectivity index (χ1) is 9.79. The standard InChI is InChI=1S/C15H21N3O2/c1-20-15(19)12-9-17-14(10-16-12)18-8-4-6-11-5-2-3-7-13(11)18/h9-11,13H,2-8H2,1H3. The van der Waals surface area contributed by atoms with E-state index < -0.39 is 5.97 Å². The Bertz CT molecular complexity index is 473. The van der Waals surface area contributed by atoms with Crippen LogP contribution in [0.3, 0.4) is 0 Å². The second-order valence-corrected chi connectivity index (χ2v) is 5.70. The molecule has 2 fully saturated rings. The van der Waals surface area contributed by atoms with Crippen molar-refractivity contribution in [2.75, 3.05) is 18.6 Å². The first kappa shape index (κ1) is 13.3. The zero-order valence-electron chi connectivity index (χ0n) is 11.9. The molecule has 0 radical (unpaired) electrons. The van der Waals surface area contributed by atoms with Gasteiger partial charge in [0.05, 0.1) is 19.5 Å². The van der Waals surface area contributed by atoms with Crippen molar-refractivity contribution in [1.82, 2.24) is 9.97 Å². The van der Waals surface area contributed by atoms with Gasteiger partial charge < -0.3 is 9.64 Å². The fourth-order valence-corrected chi connectivity index (χ4v) is 3.59. The second kappa shape index (κ2) is 5.77. The highest BCUT2D eigenvalue weighted by Gasteiger charge is 2.33. The Labute approximate surface area is 119 Å². The molecule has 0 N–H and O–H groups in total. The molecule has 0 aromatic carbocycles. The van der Waals surface area contributed by atoms with Crippen molar-refractivity contribution in [2.45, 2.75) is 44.6 Å². The maximum Gasteiger partial charge on any atom is 0.358 e. The molecule has 1 aliphatic heterocycles. The zero-order chi connectivity index (χ0) is 13.9. The summed E-state index contributed by atoms with van der Waals surface area (Å²) in [5.41, 5.74) is 0.272. The van der Waals surface area contributed by atoms with Crippen LogP contribution in [-0.4, -0.2) is 35.6 Å². The van der Waals surface area contributed by atoms with E-state index in [0.29, 0.717) is 6.04 Å². The van der Waals surface area contributed by atoms with Gasteiger partial charge in [-0.1, -0.05) is 12.8 Å². The van der Waals surface area contributed by atoms with Gasteiger partial charge in [-0.05, 0) is 31.6 Å². The molecule has 1 aromatic heterocycles. The Balaban J connectivity index is 1.78. The highest BCUT2D eigenvalue weighted by atomic mass is 16.5. The minimum absolute atomic E-state index is 0.272. The lowest BCUT2D eigenvalue weighted by atomic mass is 9.78. The lowest BCUT2D eigenvalue weighted by Crippen LogP contribution is -2.47. The third-order valence-electron chi connectivity index (χ3n) is 4.57. The van der Waals surface area contributed by atoms with Crippen LogP contribution in [0.25, 0.3) is 0 Å². The predicted octanol–water partition coefficient (Wildman–Crippen LogP) is 2.42. The average molecular weight is 275 g/mol. The normalized spacial score (nSPS) is 25.9. The third kappa shape index (κ3) is 2.49. The number of aromatic nitrogens is 2. The topological polar surface area (TPSA) is 55.3 Å². The number of esters is 1. The van der Waals surface area contributed by atoms with Crippen LogP contribution in [-0.2, 0) is 4.74 Å². The predicted molar refractivity (Wildman–Crippen MR) is 75.7 cm³/mol. The quantitative estimate of drug-likeness (QED) is 0.776. The van der Waals surface area contributed by atoms with Crippen molar-refractivity contribution in [2.24, 2.45) is 5.92 Å². The fourth-order valence-electron chi connectivity index (χ4n) is 3.59. The van der Waals surface area contributed by atoms with Gasteiger partial charge in [-0.2, -0.15) is 0 Å². The third-order valence-corrected chi connectivity index (χ3v) is 4.57. The Kier molecular flexibility index (Phi) is 3.85. The van der Waals surface area contributed by atoms with Crippen LogP contribution in [0.1, 0.15) is 49.0 Å². The van der Waals surface area contributed by atoms with Crippen LogP contribution in [0.2, 0.25) is 0 Å². The number of hydrogen-bond acceptors (Lipinski definition) is 5. The Hall–Kier alpha value is -1.65. The number of ether oxygens (including phenoxy) is 1. The first-order valence-corrected chi connectivity index (χ1v) is 7.46. The smallest absolute Gasteiger partial charge is 0.358 e. The number of hydrogen-bond donors (Lipinski definition) is 0.